The first kappa shape index (κ1) is 9.64. The number of halogens is 1. The van der Waals surface area contributed by atoms with Crippen LogP contribution in [0.2, 0.25) is 0 Å². The minimum Gasteiger partial charge on any atom is -0.323 e. The first-order valence-electron chi connectivity index (χ1n) is 4.57. The Morgan fingerprint density at radius 2 is 2.13 bits per heavy atom. The van der Waals surface area contributed by atoms with Crippen molar-refractivity contribution in [1.82, 2.24) is 15.2 Å². The fourth-order valence-electron chi connectivity index (χ4n) is 1.18. The van der Waals surface area contributed by atoms with E-state index < -0.39 is 0 Å². The van der Waals surface area contributed by atoms with Gasteiger partial charge < -0.3 is 5.32 Å². The molecule has 0 unspecified atom stereocenters. The van der Waals surface area contributed by atoms with E-state index in [1.807, 2.05) is 13.8 Å². The van der Waals surface area contributed by atoms with E-state index in [1.54, 1.807) is 6.07 Å². The molecule has 0 saturated heterocycles. The molecule has 78 valence electrons. The number of pyridine rings is 1. The van der Waals surface area contributed by atoms with Gasteiger partial charge >= 0.3 is 0 Å². The predicted molar refractivity (Wildman–Crippen MR) is 55.5 cm³/mol. The van der Waals surface area contributed by atoms with Crippen LogP contribution in [-0.4, -0.2) is 15.2 Å². The summed E-state index contributed by atoms with van der Waals surface area (Å²) < 4.78 is 12.6. The quantitative estimate of drug-likeness (QED) is 0.792. The molecule has 15 heavy (non-hydrogen) atoms. The Balaban J connectivity index is 2.22. The third-order valence-electron chi connectivity index (χ3n) is 2.23. The SMILES string of the molecule is Cc1[nH]nc(Nc2ccc(F)cn2)c1C. The van der Waals surface area contributed by atoms with Crippen molar-refractivity contribution in [3.63, 3.8) is 0 Å². The average Bonchev–Trinajstić information content (AvgIpc) is 2.53. The van der Waals surface area contributed by atoms with Crippen molar-refractivity contribution in [1.29, 1.82) is 0 Å². The molecule has 2 heterocycles. The van der Waals surface area contributed by atoms with Gasteiger partial charge in [-0.1, -0.05) is 0 Å². The topological polar surface area (TPSA) is 53.6 Å². The Hall–Kier alpha value is -1.91. The summed E-state index contributed by atoms with van der Waals surface area (Å²) in [5, 5.41) is 9.92. The van der Waals surface area contributed by atoms with Crippen molar-refractivity contribution < 1.29 is 4.39 Å². The number of H-pyrrole nitrogens is 1. The van der Waals surface area contributed by atoms with E-state index in [4.69, 9.17) is 0 Å². The number of rotatable bonds is 2. The maximum Gasteiger partial charge on any atom is 0.156 e. The first-order valence-corrected chi connectivity index (χ1v) is 4.57. The van der Waals surface area contributed by atoms with Crippen LogP contribution in [0.1, 0.15) is 11.3 Å². The van der Waals surface area contributed by atoms with Crippen LogP contribution in [0.15, 0.2) is 18.3 Å². The zero-order chi connectivity index (χ0) is 10.8. The first-order chi connectivity index (χ1) is 7.16. The number of aromatic nitrogens is 3. The van der Waals surface area contributed by atoms with Gasteiger partial charge in [-0.3, -0.25) is 5.10 Å². The third-order valence-corrected chi connectivity index (χ3v) is 2.23. The summed E-state index contributed by atoms with van der Waals surface area (Å²) in [7, 11) is 0. The second kappa shape index (κ2) is 3.68. The molecule has 0 saturated carbocycles. The van der Waals surface area contributed by atoms with Crippen molar-refractivity contribution in [3.8, 4) is 0 Å². The number of anilines is 2. The van der Waals surface area contributed by atoms with Crippen LogP contribution in [0.3, 0.4) is 0 Å². The van der Waals surface area contributed by atoms with Crippen molar-refractivity contribution in [2.24, 2.45) is 0 Å². The van der Waals surface area contributed by atoms with Crippen LogP contribution in [0, 0.1) is 19.7 Å². The van der Waals surface area contributed by atoms with Gasteiger partial charge in [-0.15, -0.1) is 0 Å². The molecule has 0 radical (unpaired) electrons. The molecule has 0 aliphatic rings. The Kier molecular flexibility index (Phi) is 2.37. The van der Waals surface area contributed by atoms with Crippen molar-refractivity contribution in [2.75, 3.05) is 5.32 Å². The maximum absolute atomic E-state index is 12.6. The highest BCUT2D eigenvalue weighted by Crippen LogP contribution is 2.18. The summed E-state index contributed by atoms with van der Waals surface area (Å²) in [5.74, 6) is 0.938. The molecular weight excluding hydrogens is 195 g/mol. The van der Waals surface area contributed by atoms with E-state index in [0.29, 0.717) is 11.6 Å². The molecule has 5 heteroatoms. The number of hydrogen-bond acceptors (Lipinski definition) is 3. The largest absolute Gasteiger partial charge is 0.323 e. The van der Waals surface area contributed by atoms with Gasteiger partial charge in [0.2, 0.25) is 0 Å². The van der Waals surface area contributed by atoms with Crippen LogP contribution in [-0.2, 0) is 0 Å². The molecule has 2 aromatic rings. The molecule has 2 N–H and O–H groups in total. The van der Waals surface area contributed by atoms with Gasteiger partial charge in [0.1, 0.15) is 11.6 Å². The third kappa shape index (κ3) is 1.96. The summed E-state index contributed by atoms with van der Waals surface area (Å²) in [6.07, 6.45) is 1.16. The molecule has 0 aliphatic heterocycles. The molecule has 0 aliphatic carbocycles. The van der Waals surface area contributed by atoms with Crippen molar-refractivity contribution in [2.45, 2.75) is 13.8 Å². The van der Waals surface area contributed by atoms with E-state index in [0.717, 1.165) is 17.5 Å². The van der Waals surface area contributed by atoms with Crippen LogP contribution in [0.25, 0.3) is 0 Å². The van der Waals surface area contributed by atoms with Gasteiger partial charge in [-0.2, -0.15) is 5.10 Å². The normalized spacial score (nSPS) is 10.3. The minimum atomic E-state index is -0.351. The average molecular weight is 206 g/mol. The molecule has 2 rings (SSSR count). The molecule has 0 atom stereocenters. The summed E-state index contributed by atoms with van der Waals surface area (Å²) >= 11 is 0. The van der Waals surface area contributed by atoms with Gasteiger partial charge in [0.05, 0.1) is 6.20 Å². The number of nitrogens with one attached hydrogen (secondary N) is 2. The monoisotopic (exact) mass is 206 g/mol. The number of aryl methyl sites for hydroxylation is 1. The standard InChI is InChI=1S/C10H11FN4/c1-6-7(2)14-15-10(6)13-9-4-3-8(11)5-12-9/h3-5H,1-2H3,(H2,12,13,14,15). The van der Waals surface area contributed by atoms with Crippen LogP contribution < -0.4 is 5.32 Å². The van der Waals surface area contributed by atoms with E-state index >= 15 is 0 Å². The van der Waals surface area contributed by atoms with Crippen LogP contribution in [0.4, 0.5) is 16.0 Å². The van der Waals surface area contributed by atoms with Crippen LogP contribution >= 0.6 is 0 Å². The van der Waals surface area contributed by atoms with Gasteiger partial charge in [0.15, 0.2) is 5.82 Å². The predicted octanol–water partition coefficient (Wildman–Crippen LogP) is 2.30. The van der Waals surface area contributed by atoms with E-state index in [-0.39, 0.29) is 5.82 Å². The molecule has 0 amide bonds. The molecule has 2 aromatic heterocycles. The summed E-state index contributed by atoms with van der Waals surface area (Å²) in [4.78, 5) is 3.88. The Labute approximate surface area is 86.6 Å². The lowest BCUT2D eigenvalue weighted by Crippen LogP contribution is -1.95. The molecule has 0 spiro atoms. The lowest BCUT2D eigenvalue weighted by molar-refractivity contribution is 0.622. The highest BCUT2D eigenvalue weighted by atomic mass is 19.1. The second-order valence-corrected chi connectivity index (χ2v) is 3.31. The fourth-order valence-corrected chi connectivity index (χ4v) is 1.18. The van der Waals surface area contributed by atoms with E-state index in [2.05, 4.69) is 20.5 Å². The molecule has 0 bridgehead atoms. The summed E-state index contributed by atoms with van der Waals surface area (Å²) in [6, 6.07) is 2.92. The zero-order valence-corrected chi connectivity index (χ0v) is 8.50. The molecule has 0 fully saturated rings. The fraction of sp³-hybridized carbons (Fsp3) is 0.200. The van der Waals surface area contributed by atoms with Gasteiger partial charge in [-0.25, -0.2) is 9.37 Å². The Morgan fingerprint density at radius 1 is 1.33 bits per heavy atom. The summed E-state index contributed by atoms with van der Waals surface area (Å²) in [5.41, 5.74) is 2.03. The van der Waals surface area contributed by atoms with Gasteiger partial charge in [-0.05, 0) is 26.0 Å². The van der Waals surface area contributed by atoms with E-state index in [9.17, 15) is 4.39 Å². The molecular formula is C10H11FN4. The van der Waals surface area contributed by atoms with Crippen molar-refractivity contribution in [3.05, 3.63) is 35.4 Å². The number of aromatic amines is 1. The smallest absolute Gasteiger partial charge is 0.156 e. The molecule has 4 nitrogen and oxygen atoms in total. The number of nitrogens with zero attached hydrogens (tertiary/aromatic N) is 2. The highest BCUT2D eigenvalue weighted by molar-refractivity contribution is 5.56. The lowest BCUT2D eigenvalue weighted by atomic mass is 10.3. The van der Waals surface area contributed by atoms with Crippen molar-refractivity contribution >= 4 is 11.6 Å². The van der Waals surface area contributed by atoms with Gasteiger partial charge in [0.25, 0.3) is 0 Å². The number of hydrogen-bond donors (Lipinski definition) is 2. The zero-order valence-electron chi connectivity index (χ0n) is 8.50. The van der Waals surface area contributed by atoms with Crippen LogP contribution in [0.5, 0.6) is 0 Å². The Bertz CT molecular complexity index is 461. The van der Waals surface area contributed by atoms with Gasteiger partial charge in [0, 0.05) is 11.3 Å². The highest BCUT2D eigenvalue weighted by Gasteiger charge is 2.05. The summed E-state index contributed by atoms with van der Waals surface area (Å²) in [6.45, 7) is 3.89. The maximum atomic E-state index is 12.6. The second-order valence-electron chi connectivity index (χ2n) is 3.31. The lowest BCUT2D eigenvalue weighted by Gasteiger charge is -2.02. The van der Waals surface area contributed by atoms with E-state index in [1.165, 1.54) is 6.07 Å². The molecule has 0 aromatic carbocycles. The minimum absolute atomic E-state index is 0.351. The Morgan fingerprint density at radius 3 is 2.67 bits per heavy atom.